The lowest BCUT2D eigenvalue weighted by Crippen LogP contribution is -2.34. The van der Waals surface area contributed by atoms with Crippen molar-refractivity contribution in [1.82, 2.24) is 9.80 Å². The molecular weight excluding hydrogens is 320 g/mol. The van der Waals surface area contributed by atoms with Gasteiger partial charge in [0.25, 0.3) is 0 Å². The van der Waals surface area contributed by atoms with Crippen molar-refractivity contribution < 1.29 is 5.11 Å². The minimum atomic E-state index is -0.572. The maximum absolute atomic E-state index is 9.86. The van der Waals surface area contributed by atoms with E-state index >= 15 is 0 Å². The van der Waals surface area contributed by atoms with Crippen LogP contribution in [0.3, 0.4) is 0 Å². The molecule has 2 aliphatic heterocycles. The minimum Gasteiger partial charge on any atom is -0.390 e. The molecule has 1 aromatic carbocycles. The Balaban J connectivity index is 1.36. The smallest absolute Gasteiger partial charge is 0.0594 e. The van der Waals surface area contributed by atoms with E-state index in [2.05, 4.69) is 34.1 Å². The van der Waals surface area contributed by atoms with Crippen LogP contribution < -0.4 is 0 Å². The average molecular weight is 359 g/mol. The number of hydrogen-bond acceptors (Lipinski definition) is 3. The molecule has 3 nitrogen and oxygen atoms in total. The van der Waals surface area contributed by atoms with Gasteiger partial charge in [-0.2, -0.15) is 0 Å². The van der Waals surface area contributed by atoms with Crippen molar-refractivity contribution >= 4 is 0 Å². The van der Waals surface area contributed by atoms with Gasteiger partial charge in [0.15, 0.2) is 0 Å². The van der Waals surface area contributed by atoms with Crippen LogP contribution in [0.1, 0.15) is 63.5 Å². The second-order valence-electron chi connectivity index (χ2n) is 9.19. The number of nitrogens with zero attached hydrogens (tertiary/aromatic N) is 2. The van der Waals surface area contributed by atoms with Gasteiger partial charge in [-0.05, 0) is 109 Å². The molecule has 0 radical (unpaired) electrons. The van der Waals surface area contributed by atoms with Crippen molar-refractivity contribution in [2.24, 2.45) is 5.92 Å². The van der Waals surface area contributed by atoms with Crippen molar-refractivity contribution in [3.63, 3.8) is 0 Å². The number of aryl methyl sites for hydroxylation is 1. The van der Waals surface area contributed by atoms with Crippen LogP contribution in [0.2, 0.25) is 0 Å². The second-order valence-corrected chi connectivity index (χ2v) is 9.19. The molecule has 2 fully saturated rings. The Bertz CT molecular complexity index is 520. The molecule has 2 heterocycles. The SMILES string of the molecule is CC(C)(O)CCc1ccc(CN2CCC(CCN3CCCC3)CC2)cc1. The van der Waals surface area contributed by atoms with Crippen LogP contribution in [0.5, 0.6) is 0 Å². The number of hydrogen-bond donors (Lipinski definition) is 1. The van der Waals surface area contributed by atoms with E-state index in [1.807, 2.05) is 13.8 Å². The maximum Gasteiger partial charge on any atom is 0.0594 e. The van der Waals surface area contributed by atoms with Gasteiger partial charge in [-0.15, -0.1) is 0 Å². The lowest BCUT2D eigenvalue weighted by molar-refractivity contribution is 0.0714. The molecule has 3 heteroatoms. The minimum absolute atomic E-state index is 0.572. The molecule has 1 N–H and O–H groups in total. The molecule has 0 bridgehead atoms. The Kier molecular flexibility index (Phi) is 7.13. The fourth-order valence-corrected chi connectivity index (χ4v) is 4.32. The first-order chi connectivity index (χ1) is 12.5. The van der Waals surface area contributed by atoms with Gasteiger partial charge in [-0.25, -0.2) is 0 Å². The van der Waals surface area contributed by atoms with Gasteiger partial charge in [-0.3, -0.25) is 4.90 Å². The van der Waals surface area contributed by atoms with E-state index in [9.17, 15) is 5.11 Å². The zero-order chi connectivity index (χ0) is 18.4. The van der Waals surface area contributed by atoms with Gasteiger partial charge in [0.05, 0.1) is 5.60 Å². The Morgan fingerprint density at radius 3 is 2.15 bits per heavy atom. The van der Waals surface area contributed by atoms with Gasteiger partial charge < -0.3 is 10.0 Å². The van der Waals surface area contributed by atoms with E-state index in [4.69, 9.17) is 0 Å². The molecule has 146 valence electrons. The lowest BCUT2D eigenvalue weighted by Gasteiger charge is -2.32. The Hall–Kier alpha value is -0.900. The molecular formula is C23H38N2O. The molecule has 0 saturated carbocycles. The first-order valence-corrected chi connectivity index (χ1v) is 10.7. The molecule has 3 rings (SSSR count). The highest BCUT2D eigenvalue weighted by molar-refractivity contribution is 5.22. The second kappa shape index (κ2) is 9.34. The number of piperidine rings is 1. The highest BCUT2D eigenvalue weighted by Crippen LogP contribution is 2.23. The molecule has 26 heavy (non-hydrogen) atoms. The van der Waals surface area contributed by atoms with Gasteiger partial charge >= 0.3 is 0 Å². The first kappa shape index (κ1) is 19.9. The molecule has 0 atom stereocenters. The summed E-state index contributed by atoms with van der Waals surface area (Å²) in [6.45, 7) is 11.4. The fourth-order valence-electron chi connectivity index (χ4n) is 4.32. The standard InChI is InChI=1S/C23H38N2O/c1-23(2,26)13-9-20-5-7-22(8-6-20)19-25-17-11-21(12-18-25)10-16-24-14-3-4-15-24/h5-8,21,26H,3-4,9-19H2,1-2H3. The number of aliphatic hydroxyl groups is 1. The zero-order valence-corrected chi connectivity index (χ0v) is 16.9. The predicted molar refractivity (Wildman–Crippen MR) is 109 cm³/mol. The van der Waals surface area contributed by atoms with Gasteiger partial charge in [0.2, 0.25) is 0 Å². The van der Waals surface area contributed by atoms with Gasteiger partial charge in [0.1, 0.15) is 0 Å². The molecule has 1 aromatic rings. The summed E-state index contributed by atoms with van der Waals surface area (Å²) in [5, 5.41) is 9.86. The van der Waals surface area contributed by atoms with E-state index in [1.54, 1.807) is 0 Å². The summed E-state index contributed by atoms with van der Waals surface area (Å²) in [6, 6.07) is 9.03. The Labute approximate surface area is 160 Å². The number of likely N-dealkylation sites (tertiary alicyclic amines) is 2. The number of benzene rings is 1. The quantitative estimate of drug-likeness (QED) is 0.758. The van der Waals surface area contributed by atoms with Crippen LogP contribution in [-0.2, 0) is 13.0 Å². The number of rotatable bonds is 8. The van der Waals surface area contributed by atoms with Crippen LogP contribution >= 0.6 is 0 Å². The van der Waals surface area contributed by atoms with Crippen LogP contribution in [0.25, 0.3) is 0 Å². The van der Waals surface area contributed by atoms with Crippen molar-refractivity contribution in [1.29, 1.82) is 0 Å². The Morgan fingerprint density at radius 1 is 0.923 bits per heavy atom. The van der Waals surface area contributed by atoms with Gasteiger partial charge in [0, 0.05) is 6.54 Å². The summed E-state index contributed by atoms with van der Waals surface area (Å²) < 4.78 is 0. The monoisotopic (exact) mass is 358 g/mol. The van der Waals surface area contributed by atoms with Gasteiger partial charge in [-0.1, -0.05) is 24.3 Å². The van der Waals surface area contributed by atoms with Crippen molar-refractivity contribution in [3.8, 4) is 0 Å². The normalized spacial score (nSPS) is 20.7. The zero-order valence-electron chi connectivity index (χ0n) is 16.9. The summed E-state index contributed by atoms with van der Waals surface area (Å²) in [5.41, 5.74) is 2.18. The van der Waals surface area contributed by atoms with E-state index in [-0.39, 0.29) is 0 Å². The molecule has 0 spiro atoms. The molecule has 2 aliphatic rings. The van der Waals surface area contributed by atoms with Crippen molar-refractivity contribution in [2.45, 2.75) is 70.9 Å². The van der Waals surface area contributed by atoms with Crippen LogP contribution in [0, 0.1) is 5.92 Å². The third-order valence-corrected chi connectivity index (χ3v) is 6.21. The summed E-state index contributed by atoms with van der Waals surface area (Å²) in [6.07, 6.45) is 8.74. The Morgan fingerprint density at radius 2 is 1.54 bits per heavy atom. The summed E-state index contributed by atoms with van der Waals surface area (Å²) in [7, 11) is 0. The average Bonchev–Trinajstić information content (AvgIpc) is 3.13. The van der Waals surface area contributed by atoms with Crippen molar-refractivity contribution in [2.75, 3.05) is 32.7 Å². The predicted octanol–water partition coefficient (Wildman–Crippen LogP) is 4.09. The fraction of sp³-hybridized carbons (Fsp3) is 0.739. The van der Waals surface area contributed by atoms with Crippen molar-refractivity contribution in [3.05, 3.63) is 35.4 Å². The third-order valence-electron chi connectivity index (χ3n) is 6.21. The van der Waals surface area contributed by atoms with Crippen LogP contribution in [0.4, 0.5) is 0 Å². The lowest BCUT2D eigenvalue weighted by atomic mass is 9.93. The van der Waals surface area contributed by atoms with E-state index in [0.29, 0.717) is 0 Å². The molecule has 0 amide bonds. The van der Waals surface area contributed by atoms with E-state index < -0.39 is 5.60 Å². The molecule has 0 unspecified atom stereocenters. The topological polar surface area (TPSA) is 26.7 Å². The summed E-state index contributed by atoms with van der Waals surface area (Å²) >= 11 is 0. The summed E-state index contributed by atoms with van der Waals surface area (Å²) in [5.74, 6) is 0.941. The highest BCUT2D eigenvalue weighted by Gasteiger charge is 2.21. The highest BCUT2D eigenvalue weighted by atomic mass is 16.3. The molecule has 2 saturated heterocycles. The summed E-state index contributed by atoms with van der Waals surface area (Å²) in [4.78, 5) is 5.28. The van der Waals surface area contributed by atoms with E-state index in [1.165, 1.54) is 76.0 Å². The molecule has 0 aliphatic carbocycles. The third kappa shape index (κ3) is 6.68. The maximum atomic E-state index is 9.86. The van der Waals surface area contributed by atoms with Crippen LogP contribution in [0.15, 0.2) is 24.3 Å². The first-order valence-electron chi connectivity index (χ1n) is 10.7. The molecule has 0 aromatic heterocycles. The van der Waals surface area contributed by atoms with E-state index in [0.717, 1.165) is 25.3 Å². The largest absolute Gasteiger partial charge is 0.390 e. The van der Waals surface area contributed by atoms with Crippen LogP contribution in [-0.4, -0.2) is 53.2 Å².